The van der Waals surface area contributed by atoms with Crippen LogP contribution in [0.1, 0.15) is 11.3 Å². The zero-order chi connectivity index (χ0) is 17.8. The number of pyridine rings is 4. The topological polar surface area (TPSA) is 76.3 Å². The summed E-state index contributed by atoms with van der Waals surface area (Å²) in [5.41, 5.74) is 4.22. The molecule has 0 N–H and O–H groups in total. The molecule has 4 rings (SSSR count). The molecule has 0 amide bonds. The van der Waals surface area contributed by atoms with Crippen molar-refractivity contribution in [1.29, 1.82) is 0 Å². The second-order valence-electron chi connectivity index (χ2n) is 5.80. The van der Waals surface area contributed by atoms with Gasteiger partial charge in [-0.2, -0.15) is 5.11 Å². The highest BCUT2D eigenvalue weighted by Gasteiger charge is 2.11. The Balaban J connectivity index is 1.76. The molecule has 4 heterocycles. The Morgan fingerprint density at radius 1 is 0.885 bits per heavy atom. The van der Waals surface area contributed by atoms with E-state index < -0.39 is 0 Å². The first-order valence-corrected chi connectivity index (χ1v) is 8.26. The SMILES string of the molecule is Cc1cccnc1-c1cc2cccnc2c(N=NCc2ccccn2)n1. The van der Waals surface area contributed by atoms with Crippen LogP contribution in [-0.2, 0) is 6.54 Å². The van der Waals surface area contributed by atoms with E-state index in [1.165, 1.54) is 0 Å². The Morgan fingerprint density at radius 3 is 2.58 bits per heavy atom. The number of azo groups is 1. The van der Waals surface area contributed by atoms with Crippen molar-refractivity contribution < 1.29 is 0 Å². The number of nitrogens with zero attached hydrogens (tertiary/aromatic N) is 6. The van der Waals surface area contributed by atoms with Gasteiger partial charge < -0.3 is 0 Å². The summed E-state index contributed by atoms with van der Waals surface area (Å²) in [5, 5.41) is 9.54. The van der Waals surface area contributed by atoms with Crippen LogP contribution in [0, 0.1) is 6.92 Å². The summed E-state index contributed by atoms with van der Waals surface area (Å²) in [6.07, 6.45) is 5.23. The van der Waals surface area contributed by atoms with E-state index in [-0.39, 0.29) is 0 Å². The molecule has 6 heteroatoms. The number of rotatable bonds is 4. The average Bonchev–Trinajstić information content (AvgIpc) is 2.69. The summed E-state index contributed by atoms with van der Waals surface area (Å²) in [4.78, 5) is 17.8. The van der Waals surface area contributed by atoms with Crippen molar-refractivity contribution >= 4 is 16.7 Å². The molecule has 0 spiro atoms. The molecule has 26 heavy (non-hydrogen) atoms. The first-order chi connectivity index (χ1) is 12.8. The molecule has 0 atom stereocenters. The fourth-order valence-electron chi connectivity index (χ4n) is 2.68. The Kier molecular flexibility index (Phi) is 4.38. The first-order valence-electron chi connectivity index (χ1n) is 8.26. The van der Waals surface area contributed by atoms with E-state index in [1.807, 2.05) is 55.5 Å². The highest BCUT2D eigenvalue weighted by molar-refractivity contribution is 5.89. The van der Waals surface area contributed by atoms with E-state index >= 15 is 0 Å². The van der Waals surface area contributed by atoms with Gasteiger partial charge in [-0.05, 0) is 42.8 Å². The van der Waals surface area contributed by atoms with Gasteiger partial charge in [-0.15, -0.1) is 5.11 Å². The van der Waals surface area contributed by atoms with Gasteiger partial charge in [-0.3, -0.25) is 15.0 Å². The van der Waals surface area contributed by atoms with Crippen LogP contribution in [0.25, 0.3) is 22.3 Å². The zero-order valence-corrected chi connectivity index (χ0v) is 14.2. The van der Waals surface area contributed by atoms with E-state index in [9.17, 15) is 0 Å². The summed E-state index contributed by atoms with van der Waals surface area (Å²) in [5.74, 6) is 0.485. The van der Waals surface area contributed by atoms with Gasteiger partial charge in [-0.1, -0.05) is 18.2 Å². The molecule has 126 valence electrons. The fraction of sp³-hybridized carbons (Fsp3) is 0.100. The standard InChI is InChI=1S/C20H16N6/c1-14-6-4-10-22-18(14)17-12-15-7-5-11-23-19(15)20(25-17)26-24-13-16-8-2-3-9-21-16/h2-12H,13H2,1H3. The van der Waals surface area contributed by atoms with Gasteiger partial charge in [0.1, 0.15) is 12.1 Å². The average molecular weight is 340 g/mol. The van der Waals surface area contributed by atoms with Crippen LogP contribution in [0.15, 0.2) is 77.3 Å². The molecule has 0 saturated carbocycles. The van der Waals surface area contributed by atoms with E-state index in [0.717, 1.165) is 33.5 Å². The van der Waals surface area contributed by atoms with Crippen molar-refractivity contribution in [3.05, 3.63) is 78.4 Å². The van der Waals surface area contributed by atoms with Crippen molar-refractivity contribution in [2.45, 2.75) is 13.5 Å². The molecule has 0 aliphatic carbocycles. The predicted molar refractivity (Wildman–Crippen MR) is 100.0 cm³/mol. The van der Waals surface area contributed by atoms with Crippen molar-refractivity contribution in [2.75, 3.05) is 0 Å². The normalized spacial score (nSPS) is 11.3. The Hall–Kier alpha value is -3.54. The predicted octanol–water partition coefficient (Wildman–Crippen LogP) is 4.68. The second kappa shape index (κ2) is 7.14. The summed E-state index contributed by atoms with van der Waals surface area (Å²) < 4.78 is 0. The van der Waals surface area contributed by atoms with Crippen molar-refractivity contribution in [3.63, 3.8) is 0 Å². The third-order valence-corrected chi connectivity index (χ3v) is 3.95. The third-order valence-electron chi connectivity index (χ3n) is 3.95. The molecule has 6 nitrogen and oxygen atoms in total. The number of hydrogen-bond acceptors (Lipinski definition) is 6. The van der Waals surface area contributed by atoms with Gasteiger partial charge in [0.15, 0.2) is 0 Å². The summed E-state index contributed by atoms with van der Waals surface area (Å²) in [7, 11) is 0. The largest absolute Gasteiger partial charge is 0.259 e. The minimum absolute atomic E-state index is 0.393. The van der Waals surface area contributed by atoms with Crippen LogP contribution in [0.4, 0.5) is 5.82 Å². The van der Waals surface area contributed by atoms with Gasteiger partial charge in [0.2, 0.25) is 5.82 Å². The molecular formula is C20H16N6. The van der Waals surface area contributed by atoms with Crippen LogP contribution in [0.2, 0.25) is 0 Å². The highest BCUT2D eigenvalue weighted by atomic mass is 15.2. The fourth-order valence-corrected chi connectivity index (χ4v) is 2.68. The summed E-state index contributed by atoms with van der Waals surface area (Å²) >= 11 is 0. The molecule has 0 saturated heterocycles. The van der Waals surface area contributed by atoms with Gasteiger partial charge in [0.25, 0.3) is 0 Å². The maximum atomic E-state index is 4.66. The van der Waals surface area contributed by atoms with Crippen LogP contribution in [0.3, 0.4) is 0 Å². The smallest absolute Gasteiger partial charge is 0.201 e. The van der Waals surface area contributed by atoms with Crippen molar-refractivity contribution in [2.24, 2.45) is 10.2 Å². The van der Waals surface area contributed by atoms with E-state index in [0.29, 0.717) is 12.4 Å². The van der Waals surface area contributed by atoms with Crippen LogP contribution >= 0.6 is 0 Å². The lowest BCUT2D eigenvalue weighted by Crippen LogP contribution is -1.92. The van der Waals surface area contributed by atoms with E-state index in [4.69, 9.17) is 0 Å². The monoisotopic (exact) mass is 340 g/mol. The molecule has 0 aromatic carbocycles. The minimum atomic E-state index is 0.393. The van der Waals surface area contributed by atoms with Gasteiger partial charge in [-0.25, -0.2) is 4.98 Å². The maximum Gasteiger partial charge on any atom is 0.201 e. The Morgan fingerprint density at radius 2 is 1.73 bits per heavy atom. The molecule has 4 aromatic rings. The minimum Gasteiger partial charge on any atom is -0.259 e. The van der Waals surface area contributed by atoms with Crippen LogP contribution in [0.5, 0.6) is 0 Å². The molecular weight excluding hydrogens is 324 g/mol. The molecule has 4 aromatic heterocycles. The number of fused-ring (bicyclic) bond motifs is 1. The number of aromatic nitrogens is 4. The number of hydrogen-bond donors (Lipinski definition) is 0. The second-order valence-corrected chi connectivity index (χ2v) is 5.80. The van der Waals surface area contributed by atoms with E-state index in [1.54, 1.807) is 18.6 Å². The molecule has 0 aliphatic rings. The van der Waals surface area contributed by atoms with Crippen LogP contribution < -0.4 is 0 Å². The zero-order valence-electron chi connectivity index (χ0n) is 14.2. The Bertz CT molecular complexity index is 1080. The van der Waals surface area contributed by atoms with E-state index in [2.05, 4.69) is 30.2 Å². The molecule has 0 radical (unpaired) electrons. The maximum absolute atomic E-state index is 4.66. The molecule has 0 aliphatic heterocycles. The third kappa shape index (κ3) is 3.30. The van der Waals surface area contributed by atoms with Crippen molar-refractivity contribution in [1.82, 2.24) is 19.9 Å². The molecule has 0 fully saturated rings. The highest BCUT2D eigenvalue weighted by Crippen LogP contribution is 2.28. The van der Waals surface area contributed by atoms with Crippen LogP contribution in [-0.4, -0.2) is 19.9 Å². The summed E-state index contributed by atoms with van der Waals surface area (Å²) in [6.45, 7) is 2.41. The lowest BCUT2D eigenvalue weighted by molar-refractivity contribution is 0.908. The molecule has 0 bridgehead atoms. The van der Waals surface area contributed by atoms with Crippen molar-refractivity contribution in [3.8, 4) is 11.4 Å². The lowest BCUT2D eigenvalue weighted by atomic mass is 10.1. The molecule has 0 unspecified atom stereocenters. The Labute approximate surface area is 150 Å². The number of aryl methyl sites for hydroxylation is 1. The lowest BCUT2D eigenvalue weighted by Gasteiger charge is -2.07. The first kappa shape index (κ1) is 16.0. The summed E-state index contributed by atoms with van der Waals surface area (Å²) in [6, 6.07) is 15.5. The van der Waals surface area contributed by atoms with Gasteiger partial charge in [0, 0.05) is 24.0 Å². The quantitative estimate of drug-likeness (QED) is 0.505. The van der Waals surface area contributed by atoms with Gasteiger partial charge in [0.05, 0.1) is 17.1 Å². The van der Waals surface area contributed by atoms with Gasteiger partial charge >= 0.3 is 0 Å².